The van der Waals surface area contributed by atoms with Gasteiger partial charge in [0.05, 0.1) is 7.11 Å². The van der Waals surface area contributed by atoms with Crippen molar-refractivity contribution in [2.75, 3.05) is 13.7 Å². The fourth-order valence-electron chi connectivity index (χ4n) is 3.91. The molecule has 0 aliphatic carbocycles. The third-order valence-corrected chi connectivity index (χ3v) is 6.43. The first-order chi connectivity index (χ1) is 11.9. The fourth-order valence-corrected chi connectivity index (χ4v) is 5.13. The average Bonchev–Trinajstić information content (AvgIpc) is 2.98. The van der Waals surface area contributed by atoms with E-state index in [4.69, 9.17) is 4.74 Å². The Balaban J connectivity index is 1.56. The number of nitrogens with zero attached hydrogens (tertiary/aromatic N) is 1. The summed E-state index contributed by atoms with van der Waals surface area (Å²) in [5.41, 5.74) is 3.89. The number of hydrogen-bond donors (Lipinski definition) is 0. The van der Waals surface area contributed by atoms with Crippen LogP contribution in [0.5, 0.6) is 5.75 Å². The van der Waals surface area contributed by atoms with E-state index in [0.29, 0.717) is 6.04 Å². The van der Waals surface area contributed by atoms with Crippen LogP contribution in [0.25, 0.3) is 0 Å². The van der Waals surface area contributed by atoms with Crippen molar-refractivity contribution in [2.24, 2.45) is 0 Å². The zero-order valence-corrected chi connectivity index (χ0v) is 14.8. The molecule has 1 aromatic heterocycles. The van der Waals surface area contributed by atoms with Crippen molar-refractivity contribution in [3.05, 3.63) is 50.7 Å². The van der Waals surface area contributed by atoms with Crippen molar-refractivity contribution in [3.8, 4) is 5.75 Å². The lowest BCUT2D eigenvalue weighted by Gasteiger charge is -2.40. The van der Waals surface area contributed by atoms with E-state index in [1.807, 2.05) is 12.1 Å². The summed E-state index contributed by atoms with van der Waals surface area (Å²) in [7, 11) is 1.68. The molecule has 4 rings (SSSR count). The van der Waals surface area contributed by atoms with Gasteiger partial charge in [-0.1, -0.05) is 6.07 Å². The maximum atomic E-state index is 12.5. The van der Waals surface area contributed by atoms with Crippen LogP contribution in [-0.4, -0.2) is 24.7 Å². The Kier molecular flexibility index (Phi) is 4.28. The molecule has 2 aliphatic heterocycles. The van der Waals surface area contributed by atoms with E-state index in [-0.39, 0.29) is 6.42 Å². The molecule has 0 saturated carbocycles. The topological polar surface area (TPSA) is 12.5 Å². The number of halogens is 3. The molecule has 2 aromatic rings. The van der Waals surface area contributed by atoms with Crippen LogP contribution in [0.2, 0.25) is 0 Å². The van der Waals surface area contributed by atoms with Gasteiger partial charge in [0.1, 0.15) is 5.75 Å². The van der Waals surface area contributed by atoms with Gasteiger partial charge in [-0.2, -0.15) is 13.2 Å². The SMILES string of the molecule is COc1ccc2c(c1)CCN1Cc3cc(CCC(F)(F)F)sc3CC21. The zero-order valence-electron chi connectivity index (χ0n) is 14.0. The number of fused-ring (bicyclic) bond motifs is 4. The lowest BCUT2D eigenvalue weighted by atomic mass is 9.87. The van der Waals surface area contributed by atoms with Gasteiger partial charge in [-0.05, 0) is 47.7 Å². The summed E-state index contributed by atoms with van der Waals surface area (Å²) in [5, 5.41) is 0. The van der Waals surface area contributed by atoms with Crippen LogP contribution in [0.3, 0.4) is 0 Å². The molecule has 6 heteroatoms. The van der Waals surface area contributed by atoms with Crippen molar-refractivity contribution >= 4 is 11.3 Å². The Bertz CT molecular complexity index is 783. The molecule has 3 heterocycles. The largest absolute Gasteiger partial charge is 0.497 e. The molecule has 1 atom stereocenters. The maximum absolute atomic E-state index is 12.5. The van der Waals surface area contributed by atoms with Gasteiger partial charge in [-0.15, -0.1) is 11.3 Å². The quantitative estimate of drug-likeness (QED) is 0.764. The summed E-state index contributed by atoms with van der Waals surface area (Å²) in [4.78, 5) is 4.57. The normalized spacial score (nSPS) is 19.9. The first kappa shape index (κ1) is 16.9. The lowest BCUT2D eigenvalue weighted by molar-refractivity contribution is -0.133. The zero-order chi connectivity index (χ0) is 17.6. The summed E-state index contributed by atoms with van der Waals surface area (Å²) in [6, 6.07) is 8.59. The second-order valence-corrected chi connectivity index (χ2v) is 8.00. The van der Waals surface area contributed by atoms with Gasteiger partial charge in [0.25, 0.3) is 0 Å². The van der Waals surface area contributed by atoms with E-state index in [9.17, 15) is 13.2 Å². The maximum Gasteiger partial charge on any atom is 0.389 e. The fraction of sp³-hybridized carbons (Fsp3) is 0.474. The number of alkyl halides is 3. The first-order valence-corrected chi connectivity index (χ1v) is 9.32. The Morgan fingerprint density at radius 2 is 2.08 bits per heavy atom. The van der Waals surface area contributed by atoms with Crippen molar-refractivity contribution in [1.29, 1.82) is 0 Å². The van der Waals surface area contributed by atoms with Gasteiger partial charge < -0.3 is 4.74 Å². The molecule has 25 heavy (non-hydrogen) atoms. The van der Waals surface area contributed by atoms with Gasteiger partial charge in [0, 0.05) is 41.7 Å². The molecule has 0 bridgehead atoms. The summed E-state index contributed by atoms with van der Waals surface area (Å²) >= 11 is 1.56. The molecular formula is C19H20F3NOS. The van der Waals surface area contributed by atoms with Gasteiger partial charge >= 0.3 is 6.18 Å². The van der Waals surface area contributed by atoms with E-state index in [0.717, 1.165) is 36.6 Å². The van der Waals surface area contributed by atoms with Crippen molar-refractivity contribution in [1.82, 2.24) is 4.90 Å². The molecular weight excluding hydrogens is 347 g/mol. The molecule has 2 nitrogen and oxygen atoms in total. The van der Waals surface area contributed by atoms with Crippen LogP contribution in [0.4, 0.5) is 13.2 Å². The third kappa shape index (κ3) is 3.42. The molecule has 0 spiro atoms. The van der Waals surface area contributed by atoms with Gasteiger partial charge in [0.2, 0.25) is 0 Å². The van der Waals surface area contributed by atoms with Crippen molar-refractivity contribution < 1.29 is 17.9 Å². The van der Waals surface area contributed by atoms with Gasteiger partial charge in [0.15, 0.2) is 0 Å². The van der Waals surface area contributed by atoms with Crippen molar-refractivity contribution in [3.63, 3.8) is 0 Å². The van der Waals surface area contributed by atoms with E-state index in [2.05, 4.69) is 17.0 Å². The lowest BCUT2D eigenvalue weighted by Crippen LogP contribution is -2.38. The van der Waals surface area contributed by atoms with Gasteiger partial charge in [-0.25, -0.2) is 0 Å². The predicted octanol–water partition coefficient (Wildman–Crippen LogP) is 4.91. The number of thiophene rings is 1. The molecule has 1 aromatic carbocycles. The molecule has 0 N–H and O–H groups in total. The van der Waals surface area contributed by atoms with E-state index in [1.54, 1.807) is 18.4 Å². The molecule has 0 saturated heterocycles. The summed E-state index contributed by atoms with van der Waals surface area (Å²) in [5.74, 6) is 0.884. The molecule has 1 unspecified atom stereocenters. The number of hydrogen-bond acceptors (Lipinski definition) is 3. The highest BCUT2D eigenvalue weighted by atomic mass is 32.1. The molecule has 2 aliphatic rings. The van der Waals surface area contributed by atoms with Crippen LogP contribution >= 0.6 is 11.3 Å². The summed E-state index contributed by atoms with van der Waals surface area (Å²) < 4.78 is 42.8. The van der Waals surface area contributed by atoms with Crippen LogP contribution < -0.4 is 4.74 Å². The molecule has 0 amide bonds. The molecule has 134 valence electrons. The second-order valence-electron chi connectivity index (χ2n) is 6.78. The van der Waals surface area contributed by atoms with Gasteiger partial charge in [-0.3, -0.25) is 4.90 Å². The highest BCUT2D eigenvalue weighted by molar-refractivity contribution is 7.12. The van der Waals surface area contributed by atoms with Crippen LogP contribution in [-0.2, 0) is 25.8 Å². The standard InChI is InChI=1S/C19H20F3NOS/c1-24-14-2-3-16-12(8-14)5-7-23-11-13-9-15(4-6-19(20,21)22)25-18(13)10-17(16)23/h2-3,8-9,17H,4-7,10-11H2,1H3. The Morgan fingerprint density at radius 1 is 1.24 bits per heavy atom. The number of aryl methyl sites for hydroxylation is 1. The number of rotatable bonds is 3. The minimum absolute atomic E-state index is 0.0968. The summed E-state index contributed by atoms with van der Waals surface area (Å²) in [6.07, 6.45) is -2.84. The van der Waals surface area contributed by atoms with Crippen LogP contribution in [0.1, 0.15) is 38.9 Å². The Morgan fingerprint density at radius 3 is 2.84 bits per heavy atom. The molecule has 0 radical (unpaired) electrons. The summed E-state index contributed by atoms with van der Waals surface area (Å²) in [6.45, 7) is 1.83. The minimum Gasteiger partial charge on any atom is -0.497 e. The number of ether oxygens (including phenoxy) is 1. The highest BCUT2D eigenvalue weighted by Crippen LogP contribution is 2.42. The third-order valence-electron chi connectivity index (χ3n) is 5.17. The monoisotopic (exact) mass is 367 g/mol. The number of benzene rings is 1. The Labute approximate surface area is 149 Å². The van der Waals surface area contributed by atoms with E-state index in [1.165, 1.54) is 21.6 Å². The highest BCUT2D eigenvalue weighted by Gasteiger charge is 2.34. The Hall–Kier alpha value is -1.53. The van der Waals surface area contributed by atoms with Crippen LogP contribution in [0, 0.1) is 0 Å². The van der Waals surface area contributed by atoms with Crippen molar-refractivity contribution in [2.45, 2.75) is 44.4 Å². The first-order valence-electron chi connectivity index (χ1n) is 8.51. The molecule has 0 fully saturated rings. The van der Waals surface area contributed by atoms with Crippen LogP contribution in [0.15, 0.2) is 24.3 Å². The number of methoxy groups -OCH3 is 1. The second kappa shape index (κ2) is 6.32. The predicted molar refractivity (Wildman–Crippen MR) is 92.2 cm³/mol. The minimum atomic E-state index is -4.08. The smallest absolute Gasteiger partial charge is 0.389 e. The van der Waals surface area contributed by atoms with E-state index >= 15 is 0 Å². The van der Waals surface area contributed by atoms with E-state index < -0.39 is 12.6 Å². The average molecular weight is 367 g/mol.